The summed E-state index contributed by atoms with van der Waals surface area (Å²) < 4.78 is 1.58. The molecule has 3 amide bonds. The molecule has 172 valence electrons. The number of hydroxylamine groups is 2. The molecule has 3 aromatic heterocycles. The highest BCUT2D eigenvalue weighted by Crippen LogP contribution is 2.31. The quantitative estimate of drug-likeness (QED) is 0.479. The summed E-state index contributed by atoms with van der Waals surface area (Å²) >= 11 is 0. The molecular weight excluding hydrogens is 434 g/mol. The lowest BCUT2D eigenvalue weighted by Gasteiger charge is -2.23. The van der Waals surface area contributed by atoms with Crippen molar-refractivity contribution in [3.63, 3.8) is 0 Å². The Morgan fingerprint density at radius 3 is 2.71 bits per heavy atom. The second kappa shape index (κ2) is 8.91. The van der Waals surface area contributed by atoms with Crippen molar-refractivity contribution in [1.82, 2.24) is 24.6 Å². The molecule has 1 aromatic carbocycles. The van der Waals surface area contributed by atoms with Gasteiger partial charge in [-0.1, -0.05) is 30.3 Å². The third-order valence-corrected chi connectivity index (χ3v) is 5.57. The lowest BCUT2D eigenvalue weighted by Crippen LogP contribution is -2.33. The largest absolute Gasteiger partial charge is 0.346 e. The molecule has 5 rings (SSSR count). The van der Waals surface area contributed by atoms with Crippen LogP contribution < -0.4 is 10.6 Å². The van der Waals surface area contributed by atoms with Gasteiger partial charge >= 0.3 is 6.03 Å². The SMILES string of the molecule is CC(=O)Nc1nc2ccc(-c3cnc(C)c(NC(=O)N4OCC[C@H]4c4ccccc4)c3)cn2n1. The van der Waals surface area contributed by atoms with Gasteiger partial charge in [-0.2, -0.15) is 10.0 Å². The number of nitrogens with zero attached hydrogens (tertiary/aromatic N) is 5. The summed E-state index contributed by atoms with van der Waals surface area (Å²) in [5, 5.41) is 11.2. The Balaban J connectivity index is 1.38. The highest BCUT2D eigenvalue weighted by atomic mass is 16.7. The molecule has 0 spiro atoms. The molecule has 0 saturated carbocycles. The highest BCUT2D eigenvalue weighted by molar-refractivity contribution is 5.90. The van der Waals surface area contributed by atoms with Gasteiger partial charge < -0.3 is 5.32 Å². The maximum absolute atomic E-state index is 13.1. The molecule has 0 aliphatic carbocycles. The third-order valence-electron chi connectivity index (χ3n) is 5.57. The summed E-state index contributed by atoms with van der Waals surface area (Å²) in [6.45, 7) is 3.71. The first kappa shape index (κ1) is 21.5. The minimum absolute atomic E-state index is 0.148. The fraction of sp³-hybridized carbons (Fsp3) is 0.208. The van der Waals surface area contributed by atoms with Crippen molar-refractivity contribution in [2.75, 3.05) is 17.2 Å². The molecule has 10 nitrogen and oxygen atoms in total. The molecule has 0 radical (unpaired) electrons. The summed E-state index contributed by atoms with van der Waals surface area (Å²) in [4.78, 5) is 38.7. The van der Waals surface area contributed by atoms with Gasteiger partial charge in [-0.05, 0) is 30.7 Å². The summed E-state index contributed by atoms with van der Waals surface area (Å²) in [6.07, 6.45) is 4.25. The molecule has 10 heteroatoms. The highest BCUT2D eigenvalue weighted by Gasteiger charge is 2.32. The molecule has 0 unspecified atom stereocenters. The zero-order chi connectivity index (χ0) is 23.7. The summed E-state index contributed by atoms with van der Waals surface area (Å²) in [6, 6.07) is 14.9. The topological polar surface area (TPSA) is 114 Å². The number of amides is 3. The van der Waals surface area contributed by atoms with Gasteiger partial charge in [-0.25, -0.2) is 9.31 Å². The number of nitrogens with one attached hydrogen (secondary N) is 2. The van der Waals surface area contributed by atoms with Crippen LogP contribution in [0.25, 0.3) is 16.8 Å². The van der Waals surface area contributed by atoms with Crippen LogP contribution in [0, 0.1) is 6.92 Å². The van der Waals surface area contributed by atoms with E-state index in [0.29, 0.717) is 23.6 Å². The Bertz CT molecular complexity index is 1370. The van der Waals surface area contributed by atoms with Crippen LogP contribution in [0.15, 0.2) is 60.9 Å². The van der Waals surface area contributed by atoms with Gasteiger partial charge in [0.25, 0.3) is 0 Å². The van der Waals surface area contributed by atoms with Gasteiger partial charge in [0.15, 0.2) is 5.65 Å². The number of carbonyl (C=O) groups is 2. The molecule has 1 atom stereocenters. The molecule has 1 aliphatic rings. The van der Waals surface area contributed by atoms with E-state index < -0.39 is 0 Å². The van der Waals surface area contributed by atoms with E-state index in [1.807, 2.05) is 49.4 Å². The van der Waals surface area contributed by atoms with Crippen molar-refractivity contribution < 1.29 is 14.4 Å². The van der Waals surface area contributed by atoms with E-state index in [4.69, 9.17) is 4.84 Å². The molecule has 34 heavy (non-hydrogen) atoms. The van der Waals surface area contributed by atoms with Crippen LogP contribution in [0.3, 0.4) is 0 Å². The average molecular weight is 457 g/mol. The molecule has 4 aromatic rings. The van der Waals surface area contributed by atoms with Gasteiger partial charge in [0.1, 0.15) is 0 Å². The number of hydrogen-bond acceptors (Lipinski definition) is 6. The predicted octanol–water partition coefficient (Wildman–Crippen LogP) is 3.97. The van der Waals surface area contributed by atoms with Crippen LogP contribution in [0.1, 0.15) is 30.6 Å². The van der Waals surface area contributed by atoms with E-state index in [0.717, 1.165) is 23.1 Å². The van der Waals surface area contributed by atoms with Gasteiger partial charge in [-0.3, -0.25) is 19.9 Å². The number of aryl methyl sites for hydroxylation is 1. The molecule has 2 N–H and O–H groups in total. The maximum atomic E-state index is 13.1. The van der Waals surface area contributed by atoms with Crippen molar-refractivity contribution in [2.45, 2.75) is 26.3 Å². The summed E-state index contributed by atoms with van der Waals surface area (Å²) in [5.74, 6) is -0.00560. The van der Waals surface area contributed by atoms with E-state index in [2.05, 4.69) is 25.7 Å². The first-order valence-corrected chi connectivity index (χ1v) is 10.9. The number of urea groups is 1. The number of rotatable bonds is 4. The van der Waals surface area contributed by atoms with E-state index in [1.54, 1.807) is 23.0 Å². The predicted molar refractivity (Wildman–Crippen MR) is 126 cm³/mol. The van der Waals surface area contributed by atoms with E-state index in [-0.39, 0.29) is 23.9 Å². The maximum Gasteiger partial charge on any atom is 0.346 e. The minimum atomic E-state index is -0.347. The lowest BCUT2D eigenvalue weighted by atomic mass is 10.1. The van der Waals surface area contributed by atoms with Crippen LogP contribution in [0.5, 0.6) is 0 Å². The smallest absolute Gasteiger partial charge is 0.304 e. The van der Waals surface area contributed by atoms with E-state index in [1.165, 1.54) is 12.0 Å². The number of benzene rings is 1. The van der Waals surface area contributed by atoms with Crippen LogP contribution in [-0.2, 0) is 9.63 Å². The van der Waals surface area contributed by atoms with Crippen molar-refractivity contribution in [1.29, 1.82) is 0 Å². The Labute approximate surface area is 195 Å². The van der Waals surface area contributed by atoms with Crippen molar-refractivity contribution in [3.05, 3.63) is 72.2 Å². The fourth-order valence-electron chi connectivity index (χ4n) is 3.90. The number of hydrogen-bond donors (Lipinski definition) is 2. The van der Waals surface area contributed by atoms with E-state index >= 15 is 0 Å². The molecule has 1 saturated heterocycles. The standard InChI is InChI=1S/C24H23N7O3/c1-15-20(27-24(33)31-21(10-11-34-31)17-6-4-3-5-7-17)12-19(13-25-15)18-8-9-22-28-23(26-16(2)32)29-30(22)14-18/h3-9,12-14,21H,10-11H2,1-2H3,(H,27,33)(H,26,29,32)/t21-/m0/s1. The number of anilines is 2. The Hall–Kier alpha value is -4.31. The Kier molecular flexibility index (Phi) is 5.64. The monoisotopic (exact) mass is 457 g/mol. The van der Waals surface area contributed by atoms with Gasteiger partial charge in [-0.15, -0.1) is 5.10 Å². The molecule has 4 heterocycles. The zero-order valence-electron chi connectivity index (χ0n) is 18.7. The summed E-state index contributed by atoms with van der Waals surface area (Å²) in [7, 11) is 0. The normalized spacial score (nSPS) is 15.5. The van der Waals surface area contributed by atoms with Gasteiger partial charge in [0.2, 0.25) is 11.9 Å². The van der Waals surface area contributed by atoms with Crippen molar-refractivity contribution >= 4 is 29.2 Å². The third kappa shape index (κ3) is 4.30. The molecular formula is C24H23N7O3. The number of aromatic nitrogens is 4. The molecule has 1 fully saturated rings. The van der Waals surface area contributed by atoms with Crippen LogP contribution in [0.4, 0.5) is 16.4 Å². The van der Waals surface area contributed by atoms with Crippen molar-refractivity contribution in [3.8, 4) is 11.1 Å². The van der Waals surface area contributed by atoms with Crippen LogP contribution >= 0.6 is 0 Å². The van der Waals surface area contributed by atoms with Gasteiger partial charge in [0.05, 0.1) is 24.0 Å². The van der Waals surface area contributed by atoms with Crippen molar-refractivity contribution in [2.24, 2.45) is 0 Å². The second-order valence-corrected chi connectivity index (χ2v) is 8.00. The first-order valence-electron chi connectivity index (χ1n) is 10.9. The van der Waals surface area contributed by atoms with Crippen LogP contribution in [-0.4, -0.2) is 43.2 Å². The first-order chi connectivity index (χ1) is 16.5. The zero-order valence-corrected chi connectivity index (χ0v) is 18.7. The number of carbonyl (C=O) groups excluding carboxylic acids is 2. The minimum Gasteiger partial charge on any atom is -0.304 e. The number of pyridine rings is 2. The molecule has 0 bridgehead atoms. The average Bonchev–Trinajstić information content (AvgIpc) is 3.47. The van der Waals surface area contributed by atoms with Gasteiger partial charge in [0, 0.05) is 36.9 Å². The Morgan fingerprint density at radius 2 is 1.91 bits per heavy atom. The second-order valence-electron chi connectivity index (χ2n) is 8.00. The lowest BCUT2D eigenvalue weighted by molar-refractivity contribution is -0.114. The fourth-order valence-corrected chi connectivity index (χ4v) is 3.90. The van der Waals surface area contributed by atoms with Crippen LogP contribution in [0.2, 0.25) is 0 Å². The number of fused-ring (bicyclic) bond motifs is 1. The molecule has 1 aliphatic heterocycles. The van der Waals surface area contributed by atoms with E-state index in [9.17, 15) is 9.59 Å². The Morgan fingerprint density at radius 1 is 1.09 bits per heavy atom. The summed E-state index contributed by atoms with van der Waals surface area (Å²) in [5.41, 5.74) is 4.51.